The summed E-state index contributed by atoms with van der Waals surface area (Å²) in [6.45, 7) is 4.14. The molecule has 6 heteroatoms. The van der Waals surface area contributed by atoms with Gasteiger partial charge >= 0.3 is 0 Å². The number of thioether (sulfide) groups is 1. The fraction of sp³-hybridized carbons (Fsp3) is 0.333. The second-order valence-corrected chi connectivity index (χ2v) is 6.90. The van der Waals surface area contributed by atoms with Crippen molar-refractivity contribution in [1.82, 2.24) is 9.97 Å². The van der Waals surface area contributed by atoms with Crippen molar-refractivity contribution in [3.8, 4) is 0 Å². The number of H-pyrrole nitrogens is 1. The van der Waals surface area contributed by atoms with E-state index in [-0.39, 0.29) is 11.4 Å². The summed E-state index contributed by atoms with van der Waals surface area (Å²) in [7, 11) is 0. The van der Waals surface area contributed by atoms with Crippen LogP contribution in [0.15, 0.2) is 38.4 Å². The number of aromatic amines is 1. The van der Waals surface area contributed by atoms with Crippen LogP contribution in [0.4, 0.5) is 4.39 Å². The van der Waals surface area contributed by atoms with Crippen molar-refractivity contribution < 1.29 is 4.39 Å². The van der Waals surface area contributed by atoms with Gasteiger partial charge in [-0.2, -0.15) is 0 Å². The van der Waals surface area contributed by atoms with Crippen LogP contribution in [0.3, 0.4) is 0 Å². The molecule has 1 aromatic heterocycles. The van der Waals surface area contributed by atoms with Gasteiger partial charge in [0, 0.05) is 4.90 Å². The summed E-state index contributed by atoms with van der Waals surface area (Å²) < 4.78 is 14.0. The fourth-order valence-corrected chi connectivity index (χ4v) is 3.01. The summed E-state index contributed by atoms with van der Waals surface area (Å²) in [6.07, 6.45) is 0.724. The predicted octanol–water partition coefficient (Wildman–Crippen LogP) is 4.16. The molecule has 0 aliphatic rings. The van der Waals surface area contributed by atoms with E-state index in [2.05, 4.69) is 39.7 Å². The van der Waals surface area contributed by atoms with Crippen LogP contribution in [0, 0.1) is 11.7 Å². The average Bonchev–Trinajstić information content (AvgIpc) is 2.42. The highest BCUT2D eigenvalue weighted by Gasteiger charge is 2.11. The van der Waals surface area contributed by atoms with Gasteiger partial charge in [0.15, 0.2) is 0 Å². The number of nitrogens with zero attached hydrogens (tertiary/aromatic N) is 1. The molecule has 0 saturated carbocycles. The SMILES string of the molecule is CC(C)Cc1nc(CSc2ccccc2F)[nH]c(=O)c1Br. The third kappa shape index (κ3) is 4.41. The number of halogens is 2. The minimum atomic E-state index is -0.260. The van der Waals surface area contributed by atoms with Crippen molar-refractivity contribution in [3.05, 3.63) is 56.4 Å². The van der Waals surface area contributed by atoms with Gasteiger partial charge in [0.2, 0.25) is 0 Å². The molecule has 112 valence electrons. The van der Waals surface area contributed by atoms with E-state index in [0.29, 0.717) is 26.9 Å². The van der Waals surface area contributed by atoms with Crippen LogP contribution in [0.2, 0.25) is 0 Å². The van der Waals surface area contributed by atoms with E-state index < -0.39 is 0 Å². The lowest BCUT2D eigenvalue weighted by Gasteiger charge is -2.09. The molecule has 0 aliphatic heterocycles. The molecule has 21 heavy (non-hydrogen) atoms. The van der Waals surface area contributed by atoms with Gasteiger partial charge in [-0.25, -0.2) is 9.37 Å². The Morgan fingerprint density at radius 3 is 2.76 bits per heavy atom. The van der Waals surface area contributed by atoms with Gasteiger partial charge in [-0.05, 0) is 40.4 Å². The molecule has 0 aliphatic carbocycles. The highest BCUT2D eigenvalue weighted by molar-refractivity contribution is 9.10. The van der Waals surface area contributed by atoms with Gasteiger partial charge < -0.3 is 4.98 Å². The number of hydrogen-bond donors (Lipinski definition) is 1. The smallest absolute Gasteiger partial charge is 0.265 e. The largest absolute Gasteiger partial charge is 0.309 e. The zero-order chi connectivity index (χ0) is 15.4. The number of rotatable bonds is 5. The third-order valence-electron chi connectivity index (χ3n) is 2.78. The summed E-state index contributed by atoms with van der Waals surface area (Å²) >= 11 is 4.60. The summed E-state index contributed by atoms with van der Waals surface area (Å²) in [6, 6.07) is 6.57. The Hall–Kier alpha value is -1.14. The van der Waals surface area contributed by atoms with Gasteiger partial charge in [0.25, 0.3) is 5.56 Å². The fourth-order valence-electron chi connectivity index (χ4n) is 1.86. The van der Waals surface area contributed by atoms with Gasteiger partial charge in [0.1, 0.15) is 16.1 Å². The lowest BCUT2D eigenvalue weighted by atomic mass is 10.1. The monoisotopic (exact) mass is 370 g/mol. The highest BCUT2D eigenvalue weighted by atomic mass is 79.9. The first-order valence-corrected chi connectivity index (χ1v) is 8.40. The van der Waals surface area contributed by atoms with E-state index in [1.54, 1.807) is 18.2 Å². The van der Waals surface area contributed by atoms with Crippen molar-refractivity contribution in [2.75, 3.05) is 0 Å². The van der Waals surface area contributed by atoms with Crippen LogP contribution in [-0.2, 0) is 12.2 Å². The van der Waals surface area contributed by atoms with E-state index in [1.165, 1.54) is 17.8 Å². The van der Waals surface area contributed by atoms with E-state index in [4.69, 9.17) is 0 Å². The molecular formula is C15H16BrFN2OS. The zero-order valence-electron chi connectivity index (χ0n) is 11.8. The summed E-state index contributed by atoms with van der Waals surface area (Å²) in [5.41, 5.74) is 0.558. The summed E-state index contributed by atoms with van der Waals surface area (Å²) in [5, 5.41) is 0. The lowest BCUT2D eigenvalue weighted by molar-refractivity contribution is 0.602. The molecular weight excluding hydrogens is 355 g/mol. The predicted molar refractivity (Wildman–Crippen MR) is 87.1 cm³/mol. The van der Waals surface area contributed by atoms with Crippen molar-refractivity contribution in [2.45, 2.75) is 30.9 Å². The van der Waals surface area contributed by atoms with Gasteiger partial charge in [0.05, 0.1) is 11.4 Å². The molecule has 0 bridgehead atoms. The van der Waals surface area contributed by atoms with E-state index >= 15 is 0 Å². The molecule has 0 saturated heterocycles. The third-order valence-corrected chi connectivity index (χ3v) is 4.66. The molecule has 0 unspecified atom stereocenters. The second-order valence-electron chi connectivity index (χ2n) is 5.09. The Labute approximate surface area is 135 Å². The highest BCUT2D eigenvalue weighted by Crippen LogP contribution is 2.24. The summed E-state index contributed by atoms with van der Waals surface area (Å²) in [5.74, 6) is 1.13. The van der Waals surface area contributed by atoms with E-state index in [9.17, 15) is 9.18 Å². The van der Waals surface area contributed by atoms with Crippen LogP contribution in [0.25, 0.3) is 0 Å². The van der Waals surface area contributed by atoms with Crippen LogP contribution in [-0.4, -0.2) is 9.97 Å². The Kier molecular flexibility index (Phi) is 5.58. The number of nitrogens with one attached hydrogen (secondary N) is 1. The average molecular weight is 371 g/mol. The molecule has 0 spiro atoms. The molecule has 0 atom stereocenters. The Bertz CT molecular complexity index is 688. The Balaban J connectivity index is 2.19. The molecule has 3 nitrogen and oxygen atoms in total. The first kappa shape index (κ1) is 16.2. The van der Waals surface area contributed by atoms with Crippen molar-refractivity contribution in [1.29, 1.82) is 0 Å². The molecule has 2 aromatic rings. The first-order valence-electron chi connectivity index (χ1n) is 6.62. The molecule has 0 radical (unpaired) electrons. The molecule has 1 N–H and O–H groups in total. The van der Waals surface area contributed by atoms with Crippen LogP contribution >= 0.6 is 27.7 Å². The van der Waals surface area contributed by atoms with Gasteiger partial charge in [-0.15, -0.1) is 11.8 Å². The number of hydrogen-bond acceptors (Lipinski definition) is 3. The molecule has 1 aromatic carbocycles. The van der Waals surface area contributed by atoms with Gasteiger partial charge in [-0.1, -0.05) is 26.0 Å². The number of benzene rings is 1. The standard InChI is InChI=1S/C15H16BrFN2OS/c1-9(2)7-11-14(16)15(20)19-13(18-11)8-21-12-6-4-3-5-10(12)17/h3-6,9H,7-8H2,1-2H3,(H,18,19,20). The topological polar surface area (TPSA) is 45.8 Å². The zero-order valence-corrected chi connectivity index (χ0v) is 14.2. The van der Waals surface area contributed by atoms with Crippen molar-refractivity contribution >= 4 is 27.7 Å². The van der Waals surface area contributed by atoms with E-state index in [0.717, 1.165) is 12.1 Å². The molecule has 0 amide bonds. The quantitative estimate of drug-likeness (QED) is 0.803. The summed E-state index contributed by atoms with van der Waals surface area (Å²) in [4.78, 5) is 19.6. The maximum absolute atomic E-state index is 13.6. The Morgan fingerprint density at radius 2 is 2.10 bits per heavy atom. The molecule has 1 heterocycles. The first-order chi connectivity index (χ1) is 9.97. The van der Waals surface area contributed by atoms with Crippen LogP contribution in [0.5, 0.6) is 0 Å². The molecule has 2 rings (SSSR count). The van der Waals surface area contributed by atoms with Crippen LogP contribution < -0.4 is 5.56 Å². The minimum absolute atomic E-state index is 0.190. The van der Waals surface area contributed by atoms with E-state index in [1.807, 2.05) is 0 Å². The normalized spacial score (nSPS) is 11.1. The lowest BCUT2D eigenvalue weighted by Crippen LogP contribution is -2.16. The maximum atomic E-state index is 13.6. The number of aromatic nitrogens is 2. The maximum Gasteiger partial charge on any atom is 0.265 e. The van der Waals surface area contributed by atoms with Crippen LogP contribution in [0.1, 0.15) is 25.4 Å². The Morgan fingerprint density at radius 1 is 1.38 bits per heavy atom. The van der Waals surface area contributed by atoms with Crippen molar-refractivity contribution in [3.63, 3.8) is 0 Å². The van der Waals surface area contributed by atoms with Gasteiger partial charge in [-0.3, -0.25) is 4.79 Å². The van der Waals surface area contributed by atoms with Crippen molar-refractivity contribution in [2.24, 2.45) is 5.92 Å². The second kappa shape index (κ2) is 7.22. The molecule has 0 fully saturated rings. The minimum Gasteiger partial charge on any atom is -0.309 e.